The Hall–Kier alpha value is -2.01. The molecule has 0 saturated heterocycles. The fraction of sp³-hybridized carbons (Fsp3) is 0.357. The van der Waals surface area contributed by atoms with Gasteiger partial charge in [-0.25, -0.2) is 0 Å². The average molecular weight is 261 g/mol. The Morgan fingerprint density at radius 1 is 1.16 bits per heavy atom. The van der Waals surface area contributed by atoms with Crippen LogP contribution in [0.1, 0.15) is 17.0 Å². The van der Waals surface area contributed by atoms with E-state index in [-0.39, 0.29) is 0 Å². The maximum Gasteiger partial charge on any atom is 0.130 e. The van der Waals surface area contributed by atoms with Crippen molar-refractivity contribution in [1.29, 1.82) is 0 Å². The van der Waals surface area contributed by atoms with Gasteiger partial charge in [0.25, 0.3) is 0 Å². The number of nitrogens with zero attached hydrogens (tertiary/aromatic N) is 1. The van der Waals surface area contributed by atoms with Gasteiger partial charge < -0.3 is 15.2 Å². The first kappa shape index (κ1) is 13.4. The van der Waals surface area contributed by atoms with Crippen LogP contribution in [0.4, 0.5) is 0 Å². The molecule has 1 heterocycles. The summed E-state index contributed by atoms with van der Waals surface area (Å²) in [6.45, 7) is 4.38. The van der Waals surface area contributed by atoms with E-state index in [9.17, 15) is 0 Å². The van der Waals surface area contributed by atoms with Gasteiger partial charge in [-0.2, -0.15) is 5.10 Å². The van der Waals surface area contributed by atoms with Crippen molar-refractivity contribution in [3.8, 4) is 22.6 Å². The number of nitrogens with two attached hydrogens (primary N) is 1. The first-order chi connectivity index (χ1) is 9.12. The summed E-state index contributed by atoms with van der Waals surface area (Å²) in [7, 11) is 3.29. The van der Waals surface area contributed by atoms with Crippen LogP contribution in [0.5, 0.6) is 11.5 Å². The highest BCUT2D eigenvalue weighted by molar-refractivity contribution is 5.78. The molecular weight excluding hydrogens is 242 g/mol. The summed E-state index contributed by atoms with van der Waals surface area (Å²) in [5.74, 6) is 1.53. The van der Waals surface area contributed by atoms with Gasteiger partial charge in [0.1, 0.15) is 11.5 Å². The van der Waals surface area contributed by atoms with E-state index < -0.39 is 0 Å². The maximum atomic E-state index is 5.75. The van der Waals surface area contributed by atoms with Gasteiger partial charge in [-0.3, -0.25) is 5.10 Å². The molecule has 0 radical (unpaired) electrons. The highest BCUT2D eigenvalue weighted by atomic mass is 16.5. The van der Waals surface area contributed by atoms with Crippen LogP contribution in [0, 0.1) is 13.8 Å². The monoisotopic (exact) mass is 261 g/mol. The Balaban J connectivity index is 2.70. The normalized spacial score (nSPS) is 10.6. The number of rotatable bonds is 4. The molecule has 0 aliphatic carbocycles. The topological polar surface area (TPSA) is 73.2 Å². The summed E-state index contributed by atoms with van der Waals surface area (Å²) >= 11 is 0. The van der Waals surface area contributed by atoms with Gasteiger partial charge in [0.05, 0.1) is 19.9 Å². The zero-order valence-corrected chi connectivity index (χ0v) is 11.7. The summed E-state index contributed by atoms with van der Waals surface area (Å²) in [4.78, 5) is 0. The molecule has 0 amide bonds. The van der Waals surface area contributed by atoms with Gasteiger partial charge >= 0.3 is 0 Å². The highest BCUT2D eigenvalue weighted by Crippen LogP contribution is 2.39. The number of methoxy groups -OCH3 is 2. The van der Waals surface area contributed by atoms with Crippen LogP contribution in [-0.4, -0.2) is 24.4 Å². The molecule has 0 saturated carbocycles. The number of hydrogen-bond donors (Lipinski definition) is 2. The van der Waals surface area contributed by atoms with Crippen molar-refractivity contribution in [2.45, 2.75) is 20.4 Å². The van der Waals surface area contributed by atoms with Gasteiger partial charge in [0, 0.05) is 29.4 Å². The van der Waals surface area contributed by atoms with E-state index in [1.54, 1.807) is 14.2 Å². The predicted octanol–water partition coefficient (Wildman–Crippen LogP) is 2.17. The molecule has 0 bridgehead atoms. The average Bonchev–Trinajstić information content (AvgIpc) is 2.78. The fourth-order valence-corrected chi connectivity index (χ4v) is 2.28. The first-order valence-corrected chi connectivity index (χ1v) is 6.09. The molecule has 0 aliphatic heterocycles. The summed E-state index contributed by atoms with van der Waals surface area (Å²) in [5, 5.41) is 7.21. The lowest BCUT2D eigenvalue weighted by Gasteiger charge is -2.14. The van der Waals surface area contributed by atoms with E-state index in [0.717, 1.165) is 39.6 Å². The molecular formula is C14H19N3O2. The second-order valence-electron chi connectivity index (χ2n) is 4.40. The van der Waals surface area contributed by atoms with E-state index in [0.29, 0.717) is 6.54 Å². The number of aromatic nitrogens is 2. The third kappa shape index (κ3) is 2.29. The van der Waals surface area contributed by atoms with E-state index in [2.05, 4.69) is 10.2 Å². The molecule has 0 fully saturated rings. The minimum atomic E-state index is 0.383. The Morgan fingerprint density at radius 2 is 1.89 bits per heavy atom. The second-order valence-corrected chi connectivity index (χ2v) is 4.40. The fourth-order valence-electron chi connectivity index (χ4n) is 2.28. The van der Waals surface area contributed by atoms with Crippen LogP contribution in [0.15, 0.2) is 12.1 Å². The van der Waals surface area contributed by atoms with E-state index in [1.807, 2.05) is 26.0 Å². The Kier molecular flexibility index (Phi) is 3.76. The van der Waals surface area contributed by atoms with Crippen molar-refractivity contribution in [2.75, 3.05) is 14.2 Å². The molecule has 1 aromatic heterocycles. The lowest BCUT2D eigenvalue weighted by atomic mass is 9.97. The smallest absolute Gasteiger partial charge is 0.130 e. The van der Waals surface area contributed by atoms with Crippen molar-refractivity contribution < 1.29 is 9.47 Å². The number of hydrogen-bond acceptors (Lipinski definition) is 4. The van der Waals surface area contributed by atoms with Crippen molar-refractivity contribution in [1.82, 2.24) is 10.2 Å². The summed E-state index contributed by atoms with van der Waals surface area (Å²) < 4.78 is 10.8. The number of H-pyrrole nitrogens is 1. The van der Waals surface area contributed by atoms with Crippen LogP contribution >= 0.6 is 0 Å². The van der Waals surface area contributed by atoms with Crippen LogP contribution in [0.25, 0.3) is 11.1 Å². The van der Waals surface area contributed by atoms with Crippen LogP contribution < -0.4 is 15.2 Å². The molecule has 5 nitrogen and oxygen atoms in total. The molecule has 0 unspecified atom stereocenters. The lowest BCUT2D eigenvalue weighted by Crippen LogP contribution is -2.01. The standard InChI is InChI=1S/C14H19N3O2/c1-8-5-10(18-3)6-12(19-4)13(8)14-9(2)16-17-11(14)7-15/h5-6H,7,15H2,1-4H3,(H,16,17). The van der Waals surface area contributed by atoms with Gasteiger partial charge in [0.15, 0.2) is 0 Å². The van der Waals surface area contributed by atoms with Crippen LogP contribution in [0.3, 0.4) is 0 Å². The molecule has 2 rings (SSSR count). The van der Waals surface area contributed by atoms with Crippen LogP contribution in [-0.2, 0) is 6.54 Å². The summed E-state index contributed by atoms with van der Waals surface area (Å²) in [6.07, 6.45) is 0. The largest absolute Gasteiger partial charge is 0.497 e. The van der Waals surface area contributed by atoms with Gasteiger partial charge in [0.2, 0.25) is 0 Å². The highest BCUT2D eigenvalue weighted by Gasteiger charge is 2.18. The van der Waals surface area contributed by atoms with E-state index in [1.165, 1.54) is 0 Å². The molecule has 1 aromatic carbocycles. The third-order valence-electron chi connectivity index (χ3n) is 3.19. The van der Waals surface area contributed by atoms with Gasteiger partial charge in [-0.1, -0.05) is 0 Å². The minimum Gasteiger partial charge on any atom is -0.497 e. The predicted molar refractivity (Wildman–Crippen MR) is 74.5 cm³/mol. The van der Waals surface area contributed by atoms with Gasteiger partial charge in [-0.15, -0.1) is 0 Å². The molecule has 0 atom stereocenters. The molecule has 5 heteroatoms. The first-order valence-electron chi connectivity index (χ1n) is 6.09. The molecule has 3 N–H and O–H groups in total. The molecule has 102 valence electrons. The minimum absolute atomic E-state index is 0.383. The zero-order chi connectivity index (χ0) is 14.0. The quantitative estimate of drug-likeness (QED) is 0.884. The van der Waals surface area contributed by atoms with Gasteiger partial charge in [-0.05, 0) is 25.5 Å². The molecule has 19 heavy (non-hydrogen) atoms. The Labute approximate surface area is 112 Å². The van der Waals surface area contributed by atoms with Crippen molar-refractivity contribution in [2.24, 2.45) is 5.73 Å². The van der Waals surface area contributed by atoms with Crippen molar-refractivity contribution >= 4 is 0 Å². The van der Waals surface area contributed by atoms with Crippen molar-refractivity contribution in [3.05, 3.63) is 29.1 Å². The maximum absolute atomic E-state index is 5.75. The van der Waals surface area contributed by atoms with Crippen LogP contribution in [0.2, 0.25) is 0 Å². The number of aromatic amines is 1. The summed E-state index contributed by atoms with van der Waals surface area (Å²) in [6, 6.07) is 3.85. The zero-order valence-electron chi connectivity index (χ0n) is 11.7. The lowest BCUT2D eigenvalue weighted by molar-refractivity contribution is 0.395. The molecule has 2 aromatic rings. The number of ether oxygens (including phenoxy) is 2. The third-order valence-corrected chi connectivity index (χ3v) is 3.19. The number of benzene rings is 1. The Bertz CT molecular complexity index is 591. The van der Waals surface area contributed by atoms with E-state index in [4.69, 9.17) is 15.2 Å². The Morgan fingerprint density at radius 3 is 2.47 bits per heavy atom. The molecule has 0 spiro atoms. The van der Waals surface area contributed by atoms with E-state index >= 15 is 0 Å². The van der Waals surface area contributed by atoms with Crippen molar-refractivity contribution in [3.63, 3.8) is 0 Å². The second kappa shape index (κ2) is 5.32. The SMILES string of the molecule is COc1cc(C)c(-c2c(CN)n[nH]c2C)c(OC)c1. The molecule has 0 aliphatic rings. The number of aryl methyl sites for hydroxylation is 2. The number of nitrogens with one attached hydrogen (secondary N) is 1. The summed E-state index contributed by atoms with van der Waals surface area (Å²) in [5.41, 5.74) is 10.7.